The molecule has 3 nitrogen and oxygen atoms in total. The number of rotatable bonds is 5. The fourth-order valence-electron chi connectivity index (χ4n) is 3.28. The molecule has 0 aliphatic carbocycles. The lowest BCUT2D eigenvalue weighted by Crippen LogP contribution is -2.55. The van der Waals surface area contributed by atoms with Crippen LogP contribution in [-0.4, -0.2) is 61.7 Å². The van der Waals surface area contributed by atoms with Crippen LogP contribution in [0.1, 0.15) is 33.1 Å². The van der Waals surface area contributed by atoms with Gasteiger partial charge in [-0.05, 0) is 38.4 Å². The summed E-state index contributed by atoms with van der Waals surface area (Å²) in [5, 5.41) is 3.46. The van der Waals surface area contributed by atoms with Crippen LogP contribution >= 0.6 is 0 Å². The highest BCUT2D eigenvalue weighted by Crippen LogP contribution is 2.21. The van der Waals surface area contributed by atoms with E-state index in [1.165, 1.54) is 58.5 Å². The summed E-state index contributed by atoms with van der Waals surface area (Å²) in [7, 11) is 0. The number of nitrogens with one attached hydrogen (secondary N) is 1. The average molecular weight is 239 g/mol. The van der Waals surface area contributed by atoms with Crippen molar-refractivity contribution in [1.29, 1.82) is 0 Å². The molecule has 2 fully saturated rings. The topological polar surface area (TPSA) is 18.5 Å². The molecule has 0 aromatic heterocycles. The number of piperidine rings is 1. The molecule has 0 aromatic rings. The van der Waals surface area contributed by atoms with Gasteiger partial charge in [-0.25, -0.2) is 0 Å². The Kier molecular flexibility index (Phi) is 5.26. The van der Waals surface area contributed by atoms with Gasteiger partial charge >= 0.3 is 0 Å². The second-order valence-electron chi connectivity index (χ2n) is 5.86. The SMILES string of the molecule is CCNCC(C)CN1CCN2CCCCC2C1. The Morgan fingerprint density at radius 3 is 2.94 bits per heavy atom. The zero-order chi connectivity index (χ0) is 12.1. The first-order chi connectivity index (χ1) is 8.29. The highest BCUT2D eigenvalue weighted by molar-refractivity contribution is 4.85. The Morgan fingerprint density at radius 1 is 1.24 bits per heavy atom. The van der Waals surface area contributed by atoms with Crippen LogP contribution in [0, 0.1) is 5.92 Å². The first-order valence-electron chi connectivity index (χ1n) is 7.46. The second-order valence-corrected chi connectivity index (χ2v) is 5.86. The van der Waals surface area contributed by atoms with Crippen molar-refractivity contribution in [3.05, 3.63) is 0 Å². The molecule has 0 radical (unpaired) electrons. The fraction of sp³-hybridized carbons (Fsp3) is 1.00. The Hall–Kier alpha value is -0.120. The van der Waals surface area contributed by atoms with E-state index < -0.39 is 0 Å². The molecule has 0 amide bonds. The second kappa shape index (κ2) is 6.72. The van der Waals surface area contributed by atoms with Gasteiger partial charge in [0.25, 0.3) is 0 Å². The first kappa shape index (κ1) is 13.3. The van der Waals surface area contributed by atoms with Gasteiger partial charge in [-0.15, -0.1) is 0 Å². The fourth-order valence-corrected chi connectivity index (χ4v) is 3.28. The molecule has 2 saturated heterocycles. The standard InChI is InChI=1S/C14H29N3/c1-3-15-10-13(2)11-16-8-9-17-7-5-4-6-14(17)12-16/h13-15H,3-12H2,1-2H3. The molecule has 2 atom stereocenters. The van der Waals surface area contributed by atoms with E-state index in [-0.39, 0.29) is 0 Å². The van der Waals surface area contributed by atoms with Gasteiger partial charge in [0.05, 0.1) is 0 Å². The lowest BCUT2D eigenvalue weighted by Gasteiger charge is -2.44. The Labute approximate surface area is 107 Å². The Balaban J connectivity index is 1.71. The van der Waals surface area contributed by atoms with Gasteiger partial charge < -0.3 is 10.2 Å². The van der Waals surface area contributed by atoms with E-state index in [1.807, 2.05) is 0 Å². The summed E-state index contributed by atoms with van der Waals surface area (Å²) in [6.45, 7) is 13.4. The van der Waals surface area contributed by atoms with Crippen molar-refractivity contribution in [2.75, 3.05) is 45.8 Å². The molecule has 0 saturated carbocycles. The minimum atomic E-state index is 0.782. The van der Waals surface area contributed by atoms with E-state index in [1.54, 1.807) is 0 Å². The van der Waals surface area contributed by atoms with Gasteiger partial charge in [-0.1, -0.05) is 20.3 Å². The summed E-state index contributed by atoms with van der Waals surface area (Å²) in [6.07, 6.45) is 4.30. The quantitative estimate of drug-likeness (QED) is 0.782. The predicted molar refractivity (Wildman–Crippen MR) is 73.4 cm³/mol. The van der Waals surface area contributed by atoms with Crippen molar-refractivity contribution in [3.8, 4) is 0 Å². The molecule has 2 unspecified atom stereocenters. The highest BCUT2D eigenvalue weighted by Gasteiger charge is 2.28. The van der Waals surface area contributed by atoms with Gasteiger partial charge in [0.2, 0.25) is 0 Å². The van der Waals surface area contributed by atoms with Gasteiger partial charge in [0, 0.05) is 32.2 Å². The van der Waals surface area contributed by atoms with E-state index in [2.05, 4.69) is 29.0 Å². The minimum Gasteiger partial charge on any atom is -0.317 e. The summed E-state index contributed by atoms with van der Waals surface area (Å²) in [5.41, 5.74) is 0. The van der Waals surface area contributed by atoms with Gasteiger partial charge in [0.1, 0.15) is 0 Å². The van der Waals surface area contributed by atoms with Crippen molar-refractivity contribution in [3.63, 3.8) is 0 Å². The van der Waals surface area contributed by atoms with Crippen molar-refractivity contribution < 1.29 is 0 Å². The maximum atomic E-state index is 3.46. The maximum Gasteiger partial charge on any atom is 0.0223 e. The summed E-state index contributed by atoms with van der Waals surface area (Å²) in [6, 6.07) is 0.865. The smallest absolute Gasteiger partial charge is 0.0223 e. The number of nitrogens with zero attached hydrogens (tertiary/aromatic N) is 2. The summed E-state index contributed by atoms with van der Waals surface area (Å²) in [5.74, 6) is 0.782. The van der Waals surface area contributed by atoms with Crippen LogP contribution in [0.15, 0.2) is 0 Å². The van der Waals surface area contributed by atoms with E-state index in [9.17, 15) is 0 Å². The molecule has 0 spiro atoms. The third-order valence-corrected chi connectivity index (χ3v) is 4.23. The van der Waals surface area contributed by atoms with Crippen LogP contribution in [0.3, 0.4) is 0 Å². The predicted octanol–water partition coefficient (Wildman–Crippen LogP) is 1.40. The van der Waals surface area contributed by atoms with Crippen LogP contribution in [0.2, 0.25) is 0 Å². The van der Waals surface area contributed by atoms with Crippen molar-refractivity contribution in [2.24, 2.45) is 5.92 Å². The number of hydrogen-bond acceptors (Lipinski definition) is 3. The third-order valence-electron chi connectivity index (χ3n) is 4.23. The molecule has 0 bridgehead atoms. The summed E-state index contributed by atoms with van der Waals surface area (Å²) < 4.78 is 0. The van der Waals surface area contributed by atoms with E-state index in [0.717, 1.165) is 18.5 Å². The normalized spacial score (nSPS) is 28.9. The molecule has 0 aromatic carbocycles. The molecule has 17 heavy (non-hydrogen) atoms. The molecule has 2 aliphatic rings. The lowest BCUT2D eigenvalue weighted by molar-refractivity contribution is 0.0430. The highest BCUT2D eigenvalue weighted by atomic mass is 15.3. The van der Waals surface area contributed by atoms with E-state index >= 15 is 0 Å². The van der Waals surface area contributed by atoms with E-state index in [4.69, 9.17) is 0 Å². The molecular weight excluding hydrogens is 210 g/mol. The molecule has 2 rings (SSSR count). The van der Waals surface area contributed by atoms with Crippen LogP contribution in [-0.2, 0) is 0 Å². The van der Waals surface area contributed by atoms with Crippen molar-refractivity contribution in [1.82, 2.24) is 15.1 Å². The maximum absolute atomic E-state index is 3.46. The van der Waals surface area contributed by atoms with Gasteiger partial charge in [-0.3, -0.25) is 4.90 Å². The van der Waals surface area contributed by atoms with Crippen LogP contribution in [0.4, 0.5) is 0 Å². The van der Waals surface area contributed by atoms with Crippen molar-refractivity contribution >= 4 is 0 Å². The van der Waals surface area contributed by atoms with Gasteiger partial charge in [0.15, 0.2) is 0 Å². The molecular formula is C14H29N3. The number of hydrogen-bond donors (Lipinski definition) is 1. The van der Waals surface area contributed by atoms with Crippen molar-refractivity contribution in [2.45, 2.75) is 39.2 Å². The first-order valence-corrected chi connectivity index (χ1v) is 7.46. The zero-order valence-electron chi connectivity index (χ0n) is 11.6. The summed E-state index contributed by atoms with van der Waals surface area (Å²) >= 11 is 0. The third kappa shape index (κ3) is 3.94. The molecule has 2 heterocycles. The zero-order valence-corrected chi connectivity index (χ0v) is 11.6. The average Bonchev–Trinajstić information content (AvgIpc) is 2.36. The van der Waals surface area contributed by atoms with Crippen LogP contribution in [0.25, 0.3) is 0 Å². The molecule has 2 aliphatic heterocycles. The number of fused-ring (bicyclic) bond motifs is 1. The monoisotopic (exact) mass is 239 g/mol. The molecule has 3 heteroatoms. The Bertz CT molecular complexity index is 220. The van der Waals surface area contributed by atoms with Crippen LogP contribution < -0.4 is 5.32 Å². The largest absolute Gasteiger partial charge is 0.317 e. The molecule has 100 valence electrons. The number of piperazine rings is 1. The molecule has 1 N–H and O–H groups in total. The van der Waals surface area contributed by atoms with E-state index in [0.29, 0.717) is 0 Å². The Morgan fingerprint density at radius 2 is 2.12 bits per heavy atom. The van der Waals surface area contributed by atoms with Crippen LogP contribution in [0.5, 0.6) is 0 Å². The van der Waals surface area contributed by atoms with Gasteiger partial charge in [-0.2, -0.15) is 0 Å². The summed E-state index contributed by atoms with van der Waals surface area (Å²) in [4.78, 5) is 5.41. The minimum absolute atomic E-state index is 0.782. The lowest BCUT2D eigenvalue weighted by atomic mass is 9.99.